The van der Waals surface area contributed by atoms with Crippen LogP contribution in [0.1, 0.15) is 27.7 Å². The molecule has 142 valence electrons. The third-order valence-corrected chi connectivity index (χ3v) is 6.01. The molecule has 0 aliphatic rings. The Morgan fingerprint density at radius 2 is 1.73 bits per heavy atom. The van der Waals surface area contributed by atoms with Gasteiger partial charge in [-0.1, -0.05) is 0 Å². The van der Waals surface area contributed by atoms with E-state index in [0.29, 0.717) is 11.4 Å². The number of hydrogen-bond acceptors (Lipinski definition) is 7. The van der Waals surface area contributed by atoms with E-state index in [0.717, 1.165) is 0 Å². The predicted molar refractivity (Wildman–Crippen MR) is 94.6 cm³/mol. The van der Waals surface area contributed by atoms with Crippen molar-refractivity contribution < 1.29 is 17.9 Å². The molecule has 0 spiro atoms. The van der Waals surface area contributed by atoms with Crippen LogP contribution in [0, 0.1) is 0 Å². The van der Waals surface area contributed by atoms with Crippen molar-refractivity contribution >= 4 is 16.0 Å². The van der Waals surface area contributed by atoms with Gasteiger partial charge in [-0.3, -0.25) is 4.79 Å². The average Bonchev–Trinajstić information content (AvgIpc) is 3.01. The van der Waals surface area contributed by atoms with Gasteiger partial charge < -0.3 is 4.74 Å². The van der Waals surface area contributed by atoms with Gasteiger partial charge in [-0.2, -0.15) is 4.31 Å². The number of hydrogen-bond donors (Lipinski definition) is 0. The average molecular weight is 381 g/mol. The molecule has 0 saturated carbocycles. The molecule has 0 aliphatic heterocycles. The van der Waals surface area contributed by atoms with Crippen molar-refractivity contribution in [3.8, 4) is 11.4 Å². The highest BCUT2D eigenvalue weighted by Crippen LogP contribution is 2.24. The number of nitrogens with zero attached hydrogens (tertiary/aromatic N) is 5. The van der Waals surface area contributed by atoms with E-state index < -0.39 is 16.0 Å². The molecule has 1 aromatic heterocycles. The first kappa shape index (κ1) is 20.0. The first-order valence-electron chi connectivity index (χ1n) is 8.15. The molecule has 0 bridgehead atoms. The van der Waals surface area contributed by atoms with Gasteiger partial charge in [0.15, 0.2) is 5.82 Å². The van der Waals surface area contributed by atoms with Crippen LogP contribution in [0.15, 0.2) is 29.2 Å². The van der Waals surface area contributed by atoms with Crippen LogP contribution < -0.4 is 0 Å². The minimum atomic E-state index is -3.62. The zero-order valence-corrected chi connectivity index (χ0v) is 16.3. The Morgan fingerprint density at radius 3 is 2.23 bits per heavy atom. The molecule has 1 aromatic carbocycles. The molecule has 26 heavy (non-hydrogen) atoms. The summed E-state index contributed by atoms with van der Waals surface area (Å²) in [5.41, 5.74) is 0.596. The summed E-state index contributed by atoms with van der Waals surface area (Å²) >= 11 is 0. The van der Waals surface area contributed by atoms with Crippen molar-refractivity contribution in [3.05, 3.63) is 24.3 Å². The van der Waals surface area contributed by atoms with Crippen LogP contribution in [0.2, 0.25) is 0 Å². The lowest BCUT2D eigenvalue weighted by molar-refractivity contribution is -0.141. The molecule has 0 aliphatic carbocycles. The minimum absolute atomic E-state index is 0.132. The van der Waals surface area contributed by atoms with Crippen LogP contribution >= 0.6 is 0 Å². The number of aromatic nitrogens is 4. The molecule has 0 unspecified atom stereocenters. The summed E-state index contributed by atoms with van der Waals surface area (Å²) < 4.78 is 33.1. The molecule has 0 radical (unpaired) electrons. The maximum atomic E-state index is 12.9. The number of benzene rings is 1. The lowest BCUT2D eigenvalue weighted by Crippen LogP contribution is -2.41. The maximum absolute atomic E-state index is 12.9. The van der Waals surface area contributed by atoms with Gasteiger partial charge in [-0.25, -0.2) is 13.1 Å². The van der Waals surface area contributed by atoms with Crippen molar-refractivity contribution in [1.29, 1.82) is 0 Å². The van der Waals surface area contributed by atoms with Crippen LogP contribution in [0.25, 0.3) is 11.4 Å². The molecule has 2 aromatic rings. The van der Waals surface area contributed by atoms with Gasteiger partial charge in [0.2, 0.25) is 10.0 Å². The zero-order chi connectivity index (χ0) is 19.5. The van der Waals surface area contributed by atoms with Crippen LogP contribution in [-0.4, -0.2) is 58.1 Å². The van der Waals surface area contributed by atoms with Gasteiger partial charge in [0, 0.05) is 17.6 Å². The van der Waals surface area contributed by atoms with Crippen molar-refractivity contribution in [2.45, 2.75) is 51.2 Å². The van der Waals surface area contributed by atoms with Crippen LogP contribution in [0.3, 0.4) is 0 Å². The standard InChI is InChI=1S/C16H23N5O4S/c1-11(2)21(12(3)4)26(23,24)14-8-6-13(7-9-14)16-17-18-19-20(16)10-15(22)25-5/h6-9,11-12H,10H2,1-5H3. The maximum Gasteiger partial charge on any atom is 0.327 e. The second-order valence-corrected chi connectivity index (χ2v) is 8.13. The fourth-order valence-corrected chi connectivity index (χ4v) is 4.59. The Hall–Kier alpha value is -2.33. The van der Waals surface area contributed by atoms with E-state index in [1.165, 1.54) is 28.2 Å². The molecular formula is C16H23N5O4S. The summed E-state index contributed by atoms with van der Waals surface area (Å²) in [6.07, 6.45) is 0. The quantitative estimate of drug-likeness (QED) is 0.666. The van der Waals surface area contributed by atoms with Gasteiger partial charge >= 0.3 is 5.97 Å². The van der Waals surface area contributed by atoms with E-state index >= 15 is 0 Å². The van der Waals surface area contributed by atoms with Crippen molar-refractivity contribution in [1.82, 2.24) is 24.5 Å². The molecule has 0 amide bonds. The van der Waals surface area contributed by atoms with E-state index in [9.17, 15) is 13.2 Å². The highest BCUT2D eigenvalue weighted by Gasteiger charge is 2.29. The summed E-state index contributed by atoms with van der Waals surface area (Å²) in [6, 6.07) is 5.94. The molecule has 0 N–H and O–H groups in total. The first-order valence-corrected chi connectivity index (χ1v) is 9.59. The van der Waals surface area contributed by atoms with Gasteiger partial charge in [-0.15, -0.1) is 5.10 Å². The number of tetrazole rings is 1. The molecule has 10 heteroatoms. The third-order valence-electron chi connectivity index (χ3n) is 3.74. The summed E-state index contributed by atoms with van der Waals surface area (Å²) in [6.45, 7) is 7.23. The number of rotatable bonds is 7. The molecule has 2 rings (SSSR count). The van der Waals surface area contributed by atoms with Gasteiger partial charge in [-0.05, 0) is 62.4 Å². The zero-order valence-electron chi connectivity index (χ0n) is 15.4. The van der Waals surface area contributed by atoms with Crippen molar-refractivity contribution in [2.75, 3.05) is 7.11 Å². The molecule has 0 saturated heterocycles. The normalized spacial score (nSPS) is 12.2. The predicted octanol–water partition coefficient (Wildman–Crippen LogP) is 1.32. The third kappa shape index (κ3) is 4.07. The Kier molecular flexibility index (Phi) is 6.09. The minimum Gasteiger partial charge on any atom is -0.468 e. The SMILES string of the molecule is COC(=O)Cn1nnnc1-c1ccc(S(=O)(=O)N(C(C)C)C(C)C)cc1. The van der Waals surface area contributed by atoms with E-state index in [-0.39, 0.29) is 23.5 Å². The van der Waals surface area contributed by atoms with Gasteiger partial charge in [0.1, 0.15) is 6.54 Å². The largest absolute Gasteiger partial charge is 0.468 e. The fraction of sp³-hybridized carbons (Fsp3) is 0.500. The summed E-state index contributed by atoms with van der Waals surface area (Å²) in [5.74, 6) is -0.133. The molecule has 9 nitrogen and oxygen atoms in total. The molecule has 1 heterocycles. The van der Waals surface area contributed by atoms with E-state index in [1.807, 2.05) is 27.7 Å². The Balaban J connectivity index is 2.35. The smallest absolute Gasteiger partial charge is 0.327 e. The summed E-state index contributed by atoms with van der Waals surface area (Å²) in [5, 5.41) is 11.2. The summed E-state index contributed by atoms with van der Waals surface area (Å²) in [4.78, 5) is 11.6. The number of methoxy groups -OCH3 is 1. The Morgan fingerprint density at radius 1 is 1.15 bits per heavy atom. The highest BCUT2D eigenvalue weighted by molar-refractivity contribution is 7.89. The molecular weight excluding hydrogens is 358 g/mol. The number of esters is 1. The number of sulfonamides is 1. The van der Waals surface area contributed by atoms with Crippen LogP contribution in [0.4, 0.5) is 0 Å². The lowest BCUT2D eigenvalue weighted by atomic mass is 10.2. The monoisotopic (exact) mass is 381 g/mol. The van der Waals surface area contributed by atoms with Crippen molar-refractivity contribution in [3.63, 3.8) is 0 Å². The molecule has 0 fully saturated rings. The van der Waals surface area contributed by atoms with Gasteiger partial charge in [0.05, 0.1) is 12.0 Å². The lowest BCUT2D eigenvalue weighted by Gasteiger charge is -2.29. The van der Waals surface area contributed by atoms with Crippen LogP contribution in [0.5, 0.6) is 0 Å². The van der Waals surface area contributed by atoms with Crippen LogP contribution in [-0.2, 0) is 26.1 Å². The topological polar surface area (TPSA) is 107 Å². The highest BCUT2D eigenvalue weighted by atomic mass is 32.2. The Labute approximate surface area is 153 Å². The summed E-state index contributed by atoms with van der Waals surface area (Å²) in [7, 11) is -2.34. The van der Waals surface area contributed by atoms with E-state index in [2.05, 4.69) is 20.3 Å². The van der Waals surface area contributed by atoms with E-state index in [1.54, 1.807) is 12.1 Å². The van der Waals surface area contributed by atoms with E-state index in [4.69, 9.17) is 0 Å². The van der Waals surface area contributed by atoms with Gasteiger partial charge in [0.25, 0.3) is 0 Å². The fourth-order valence-electron chi connectivity index (χ4n) is 2.75. The number of carbonyl (C=O) groups is 1. The molecule has 0 atom stereocenters. The second kappa shape index (κ2) is 7.92. The Bertz CT molecular complexity index is 851. The number of carbonyl (C=O) groups excluding carboxylic acids is 1. The van der Waals surface area contributed by atoms with Crippen molar-refractivity contribution in [2.24, 2.45) is 0 Å². The number of ether oxygens (including phenoxy) is 1. The first-order chi connectivity index (χ1) is 12.2. The second-order valence-electron chi connectivity index (χ2n) is 6.28.